The molecule has 0 aliphatic carbocycles. The number of nitrogens with one attached hydrogen (secondary N) is 2. The second kappa shape index (κ2) is 19.4. The predicted molar refractivity (Wildman–Crippen MR) is 159 cm³/mol. The molecule has 12 nitrogen and oxygen atoms in total. The van der Waals surface area contributed by atoms with Crippen LogP contribution in [-0.4, -0.2) is 80.4 Å². The third-order valence-electron chi connectivity index (χ3n) is 6.10. The standard InChI is InChI=1S/C28H36N2O8S.C2HF3O2/c1-3-5-11-35-26(32)17-37-22-8-7-19(13-23(22)38-18-27(33)36-12-6-4-2)21(31)16-30-28(34)25-14-20-15-29-10-9-24(20)39-25;3-2(4,5)1(6)7/h7-8,13-14,29H,3-6,9-12,15-18H2,1-2H3,(H,30,34);(H,6,7). The lowest BCUT2D eigenvalue weighted by molar-refractivity contribution is -0.192. The molecule has 3 N–H and O–H groups in total. The van der Waals surface area contributed by atoms with Gasteiger partial charge in [0.15, 0.2) is 30.5 Å². The number of carboxylic acid groups (broad SMARTS) is 1. The molecular weight excluding hydrogens is 637 g/mol. The van der Waals surface area contributed by atoms with Crippen LogP contribution in [0.3, 0.4) is 0 Å². The van der Waals surface area contributed by atoms with Gasteiger partial charge in [-0.05, 0) is 49.1 Å². The SMILES string of the molecule is CCCCOC(=O)COc1ccc(C(=O)CNC(=O)c2cc3c(s2)CCNC3)cc1OCC(=O)OCCCC.O=C(O)C(F)(F)F. The van der Waals surface area contributed by atoms with Crippen LogP contribution in [0, 0.1) is 0 Å². The Morgan fingerprint density at radius 2 is 1.52 bits per heavy atom. The molecule has 0 unspecified atom stereocenters. The van der Waals surface area contributed by atoms with Crippen LogP contribution < -0.4 is 20.1 Å². The number of ether oxygens (including phenoxy) is 4. The Kier molecular flexibility index (Phi) is 16.0. The van der Waals surface area contributed by atoms with Gasteiger partial charge in [-0.1, -0.05) is 26.7 Å². The summed E-state index contributed by atoms with van der Waals surface area (Å²) in [6, 6.07) is 6.26. The summed E-state index contributed by atoms with van der Waals surface area (Å²) in [4.78, 5) is 60.2. The Labute approximate surface area is 267 Å². The molecule has 0 saturated heterocycles. The third-order valence-corrected chi connectivity index (χ3v) is 7.33. The molecule has 0 spiro atoms. The first kappa shape index (κ1) is 38.0. The third kappa shape index (κ3) is 13.4. The van der Waals surface area contributed by atoms with Gasteiger partial charge in [0, 0.05) is 23.5 Å². The smallest absolute Gasteiger partial charge is 0.478 e. The quantitative estimate of drug-likeness (QED) is 0.133. The van der Waals surface area contributed by atoms with Crippen LogP contribution >= 0.6 is 11.3 Å². The zero-order valence-corrected chi connectivity index (χ0v) is 26.3. The van der Waals surface area contributed by atoms with Gasteiger partial charge in [0.25, 0.3) is 5.91 Å². The molecule has 1 amide bonds. The highest BCUT2D eigenvalue weighted by atomic mass is 32.1. The van der Waals surface area contributed by atoms with Crippen molar-refractivity contribution in [3.8, 4) is 11.5 Å². The number of amides is 1. The number of carbonyl (C=O) groups is 5. The Bertz CT molecular complexity index is 1320. The number of benzene rings is 1. The van der Waals surface area contributed by atoms with Gasteiger partial charge in [-0.25, -0.2) is 14.4 Å². The van der Waals surface area contributed by atoms with Crippen molar-refractivity contribution in [1.82, 2.24) is 10.6 Å². The number of esters is 2. The lowest BCUT2D eigenvalue weighted by Gasteiger charge is -2.14. The molecule has 2 heterocycles. The minimum Gasteiger partial charge on any atom is -0.478 e. The highest BCUT2D eigenvalue weighted by molar-refractivity contribution is 7.14. The zero-order valence-electron chi connectivity index (χ0n) is 25.5. The average Bonchev–Trinajstić information content (AvgIpc) is 3.46. The predicted octanol–water partition coefficient (Wildman–Crippen LogP) is 4.08. The van der Waals surface area contributed by atoms with E-state index in [0.717, 1.165) is 50.8 Å². The summed E-state index contributed by atoms with van der Waals surface area (Å²) in [5.74, 6) is -4.26. The number of thiophene rings is 1. The molecule has 0 radical (unpaired) electrons. The first-order valence-electron chi connectivity index (χ1n) is 14.5. The molecule has 16 heteroatoms. The van der Waals surface area contributed by atoms with Crippen LogP contribution in [-0.2, 0) is 36.8 Å². The lowest BCUT2D eigenvalue weighted by atomic mass is 10.1. The van der Waals surface area contributed by atoms with Gasteiger partial charge in [-0.3, -0.25) is 9.59 Å². The maximum Gasteiger partial charge on any atom is 0.490 e. The average molecular weight is 675 g/mol. The second-order valence-corrected chi connectivity index (χ2v) is 10.9. The number of hydrogen-bond acceptors (Lipinski definition) is 11. The fourth-order valence-electron chi connectivity index (χ4n) is 3.65. The summed E-state index contributed by atoms with van der Waals surface area (Å²) in [7, 11) is 0. The number of carbonyl (C=O) groups excluding carboxylic acids is 4. The molecular formula is C30H37F3N2O10S. The summed E-state index contributed by atoms with van der Waals surface area (Å²) in [5, 5.41) is 13.1. The largest absolute Gasteiger partial charge is 0.490 e. The van der Waals surface area contributed by atoms with Crippen LogP contribution in [0.25, 0.3) is 0 Å². The van der Waals surface area contributed by atoms with Crippen LogP contribution in [0.1, 0.15) is 70.0 Å². The molecule has 1 aromatic carbocycles. The topological polar surface area (TPSA) is 167 Å². The van der Waals surface area contributed by atoms with Crippen LogP contribution in [0.15, 0.2) is 24.3 Å². The number of alkyl halides is 3. The normalized spacial score (nSPS) is 12.1. The summed E-state index contributed by atoms with van der Waals surface area (Å²) >= 11 is 1.44. The number of ketones is 1. The number of fused-ring (bicyclic) bond motifs is 1. The molecule has 46 heavy (non-hydrogen) atoms. The lowest BCUT2D eigenvalue weighted by Crippen LogP contribution is -2.29. The highest BCUT2D eigenvalue weighted by Gasteiger charge is 2.38. The Morgan fingerprint density at radius 3 is 2.07 bits per heavy atom. The summed E-state index contributed by atoms with van der Waals surface area (Å²) in [5.41, 5.74) is 1.36. The number of rotatable bonds is 16. The summed E-state index contributed by atoms with van der Waals surface area (Å²) < 4.78 is 53.1. The number of hydrogen-bond donors (Lipinski definition) is 3. The van der Waals surface area contributed by atoms with Crippen molar-refractivity contribution in [1.29, 1.82) is 0 Å². The van der Waals surface area contributed by atoms with Gasteiger partial charge in [-0.2, -0.15) is 13.2 Å². The Hall–Kier alpha value is -4.18. The molecule has 1 aliphatic heterocycles. The number of aliphatic carboxylic acids is 1. The van der Waals surface area contributed by atoms with Crippen molar-refractivity contribution in [2.75, 3.05) is 39.5 Å². The van der Waals surface area contributed by atoms with Crippen LogP contribution in [0.5, 0.6) is 11.5 Å². The number of carboxylic acids is 1. The van der Waals surface area contributed by atoms with E-state index in [1.807, 2.05) is 19.9 Å². The maximum atomic E-state index is 12.9. The first-order valence-corrected chi connectivity index (χ1v) is 15.3. The maximum absolute atomic E-state index is 12.9. The molecule has 254 valence electrons. The molecule has 0 saturated carbocycles. The number of Topliss-reactive ketones (excluding diaryl/α,β-unsaturated/α-hetero) is 1. The fourth-order valence-corrected chi connectivity index (χ4v) is 4.74. The van der Waals surface area contributed by atoms with E-state index in [1.165, 1.54) is 34.4 Å². The van der Waals surface area contributed by atoms with Crippen LogP contribution in [0.4, 0.5) is 13.2 Å². The van der Waals surface area contributed by atoms with Gasteiger partial charge in [0.2, 0.25) is 0 Å². The minimum atomic E-state index is -5.08. The number of halogens is 3. The molecule has 2 aromatic rings. The molecule has 3 rings (SSSR count). The van der Waals surface area contributed by atoms with Gasteiger partial charge in [-0.15, -0.1) is 11.3 Å². The number of unbranched alkanes of at least 4 members (excludes halogenated alkanes) is 2. The van der Waals surface area contributed by atoms with E-state index >= 15 is 0 Å². The van der Waals surface area contributed by atoms with E-state index in [4.69, 9.17) is 28.8 Å². The molecule has 1 aromatic heterocycles. The zero-order chi connectivity index (χ0) is 34.1. The van der Waals surface area contributed by atoms with Crippen molar-refractivity contribution in [2.24, 2.45) is 0 Å². The van der Waals surface area contributed by atoms with E-state index in [1.54, 1.807) is 0 Å². The van der Waals surface area contributed by atoms with E-state index in [0.29, 0.717) is 11.5 Å². The second-order valence-electron chi connectivity index (χ2n) is 9.78. The molecule has 0 atom stereocenters. The van der Waals surface area contributed by atoms with E-state index in [9.17, 15) is 32.3 Å². The van der Waals surface area contributed by atoms with Crippen molar-refractivity contribution in [2.45, 2.75) is 58.7 Å². The monoisotopic (exact) mass is 674 g/mol. The van der Waals surface area contributed by atoms with Gasteiger partial charge in [0.1, 0.15) is 0 Å². The molecule has 0 bridgehead atoms. The summed E-state index contributed by atoms with van der Waals surface area (Å²) in [6.07, 6.45) is -0.941. The van der Waals surface area contributed by atoms with Crippen molar-refractivity contribution < 1.29 is 61.2 Å². The Balaban J connectivity index is 0.000000942. The molecule has 0 fully saturated rings. The van der Waals surface area contributed by atoms with E-state index < -0.39 is 30.7 Å². The molecule has 1 aliphatic rings. The van der Waals surface area contributed by atoms with E-state index in [2.05, 4.69) is 10.6 Å². The highest BCUT2D eigenvalue weighted by Crippen LogP contribution is 2.29. The summed E-state index contributed by atoms with van der Waals surface area (Å²) in [6.45, 7) is 5.20. The van der Waals surface area contributed by atoms with Crippen molar-refractivity contribution in [3.63, 3.8) is 0 Å². The minimum absolute atomic E-state index is 0.0967. The van der Waals surface area contributed by atoms with Crippen LogP contribution in [0.2, 0.25) is 0 Å². The van der Waals surface area contributed by atoms with Gasteiger partial charge in [0.05, 0.1) is 24.6 Å². The first-order chi connectivity index (χ1) is 21.8. The van der Waals surface area contributed by atoms with Gasteiger partial charge >= 0.3 is 24.1 Å². The van der Waals surface area contributed by atoms with E-state index in [-0.39, 0.29) is 48.5 Å². The van der Waals surface area contributed by atoms with Gasteiger partial charge < -0.3 is 34.7 Å². The fraction of sp³-hybridized carbons (Fsp3) is 0.500. The van der Waals surface area contributed by atoms with Crippen molar-refractivity contribution in [3.05, 3.63) is 45.1 Å². The van der Waals surface area contributed by atoms with Crippen molar-refractivity contribution >= 4 is 40.9 Å². The Morgan fingerprint density at radius 1 is 0.935 bits per heavy atom.